The zero-order valence-corrected chi connectivity index (χ0v) is 44.2. The molecule has 17 nitrogen and oxygen atoms in total. The third-order valence-corrected chi connectivity index (χ3v) is 15.6. The molecule has 0 radical (unpaired) electrons. The molecular weight excluding hydrogens is 984 g/mol. The first-order valence-corrected chi connectivity index (χ1v) is 25.7. The molecule has 4 atom stereocenters. The average Bonchev–Trinajstić information content (AvgIpc) is 4.10. The van der Waals surface area contributed by atoms with E-state index in [-0.39, 0.29) is 42.5 Å². The number of esters is 1. The number of hydrogen-bond donors (Lipinski definition) is 3. The van der Waals surface area contributed by atoms with E-state index in [9.17, 15) is 29.5 Å². The van der Waals surface area contributed by atoms with Crippen molar-refractivity contribution < 1.29 is 42.9 Å². The highest BCUT2D eigenvalue weighted by atomic mass is 35.5. The number of nitrogens with zero attached hydrogens (tertiary/aromatic N) is 6. The zero-order valence-electron chi connectivity index (χ0n) is 42.6. The van der Waals surface area contributed by atoms with Gasteiger partial charge in [-0.15, -0.1) is 11.3 Å². The number of aliphatic hydroxyl groups excluding tert-OH is 1. The number of likely N-dealkylation sites (tertiary alicyclic amines) is 1. The first kappa shape index (κ1) is 51.8. The molecule has 3 aromatic carbocycles. The van der Waals surface area contributed by atoms with Crippen LogP contribution in [0.3, 0.4) is 0 Å². The quantitative estimate of drug-likeness (QED) is 0.0871. The second kappa shape index (κ2) is 20.0. The van der Waals surface area contributed by atoms with E-state index in [4.69, 9.17) is 30.2 Å². The number of carbonyl (C=O) groups is 4. The minimum atomic E-state index is -1.07. The Hall–Kier alpha value is -7.07. The molecule has 2 aliphatic heterocycles. The van der Waals surface area contributed by atoms with Crippen molar-refractivity contribution in [2.75, 3.05) is 24.5 Å². The summed E-state index contributed by atoms with van der Waals surface area (Å²) in [5.74, 6) is -0.581. The van der Waals surface area contributed by atoms with Crippen LogP contribution >= 0.6 is 22.9 Å². The van der Waals surface area contributed by atoms with Gasteiger partial charge in [0.15, 0.2) is 5.76 Å². The van der Waals surface area contributed by atoms with E-state index in [0.29, 0.717) is 52.1 Å². The second-order valence-corrected chi connectivity index (χ2v) is 23.0. The highest BCUT2D eigenvalue weighted by Crippen LogP contribution is 2.57. The van der Waals surface area contributed by atoms with Gasteiger partial charge in [0, 0.05) is 53.7 Å². The molecule has 1 aliphatic carbocycles. The van der Waals surface area contributed by atoms with Crippen LogP contribution in [0.25, 0.3) is 21.4 Å². The van der Waals surface area contributed by atoms with E-state index in [1.54, 1.807) is 53.8 Å². The van der Waals surface area contributed by atoms with Crippen LogP contribution in [-0.2, 0) is 14.3 Å². The standard InChI is InChI=1S/C55H59ClN8O9S/c1-29(31-10-12-32(13-11-31)44-30(2)60-28-74-44)61-46(66)41-19-36(65)25-64(41)48(68)45(53(3,4)5)62-47(67)43-18-33-14-16-38(21-42(33)72-43)70-39-26-63(27-39)52-58-23-35(24-59-52)49(69)73-51-54(6,7)50(55(51,8)9)71-37-17-15-34(22-57)40(56)20-37/h10-18,20-21,23-24,28-29,36,39,41,45,50-51,65H,19,25-27H2,1-9H3,(H,61,66)(H,62,67)/t29-,36+,41-,45+,50-,51-/m0/s1. The number of aromatic nitrogens is 3. The summed E-state index contributed by atoms with van der Waals surface area (Å²) in [7, 11) is 0. The Balaban J connectivity index is 0.771. The van der Waals surface area contributed by atoms with Crippen molar-refractivity contribution in [1.82, 2.24) is 30.5 Å². The van der Waals surface area contributed by atoms with Crippen LogP contribution in [0.4, 0.5) is 5.95 Å². The van der Waals surface area contributed by atoms with Crippen LogP contribution in [0.5, 0.6) is 11.5 Å². The number of rotatable bonds is 14. The number of anilines is 1. The summed E-state index contributed by atoms with van der Waals surface area (Å²) in [6.45, 7) is 18.1. The first-order chi connectivity index (χ1) is 35.0. The molecule has 0 bridgehead atoms. The minimum absolute atomic E-state index is 0.0108. The number of furan rings is 1. The van der Waals surface area contributed by atoms with Crippen LogP contribution in [0.15, 0.2) is 89.1 Å². The highest BCUT2D eigenvalue weighted by Gasteiger charge is 2.66. The maximum absolute atomic E-state index is 14.3. The molecule has 5 heterocycles. The summed E-state index contributed by atoms with van der Waals surface area (Å²) in [6, 6.07) is 19.3. The van der Waals surface area contributed by atoms with Crippen molar-refractivity contribution in [2.24, 2.45) is 16.2 Å². The van der Waals surface area contributed by atoms with Gasteiger partial charge >= 0.3 is 5.97 Å². The number of hydrogen-bond acceptors (Lipinski definition) is 15. The van der Waals surface area contributed by atoms with Crippen LogP contribution in [0.2, 0.25) is 5.02 Å². The van der Waals surface area contributed by atoms with E-state index < -0.39 is 64.2 Å². The summed E-state index contributed by atoms with van der Waals surface area (Å²) < 4.78 is 24.6. The Kier molecular flexibility index (Phi) is 14.0. The Morgan fingerprint density at radius 1 is 0.905 bits per heavy atom. The smallest absolute Gasteiger partial charge is 0.341 e. The molecule has 3 aliphatic rings. The van der Waals surface area contributed by atoms with E-state index >= 15 is 0 Å². The zero-order chi connectivity index (χ0) is 53.0. The number of benzene rings is 3. The maximum Gasteiger partial charge on any atom is 0.341 e. The molecule has 386 valence electrons. The number of aryl methyl sites for hydroxylation is 1. The van der Waals surface area contributed by atoms with Crippen molar-refractivity contribution in [3.05, 3.63) is 118 Å². The number of β-amino-alcohol motifs (C(OH)–C–C–N with tert-alkyl or cyclic N) is 1. The predicted octanol–water partition coefficient (Wildman–Crippen LogP) is 8.47. The van der Waals surface area contributed by atoms with Crippen molar-refractivity contribution >= 4 is 63.5 Å². The Labute approximate surface area is 438 Å². The largest absolute Gasteiger partial charge is 0.489 e. The second-order valence-electron chi connectivity index (χ2n) is 21.7. The fourth-order valence-corrected chi connectivity index (χ4v) is 11.6. The third-order valence-electron chi connectivity index (χ3n) is 14.3. The molecule has 0 unspecified atom stereocenters. The monoisotopic (exact) mass is 1040 g/mol. The molecule has 9 rings (SSSR count). The molecule has 3 amide bonds. The predicted molar refractivity (Wildman–Crippen MR) is 278 cm³/mol. The molecule has 1 saturated carbocycles. The van der Waals surface area contributed by atoms with Gasteiger partial charge in [0.05, 0.1) is 57.5 Å². The van der Waals surface area contributed by atoms with Crippen molar-refractivity contribution in [1.29, 1.82) is 5.26 Å². The SMILES string of the molecule is Cc1ncsc1-c1ccc([C@H](C)NC(=O)[C@@H]2C[C@@H](O)CN2C(=O)[C@@H](NC(=O)c2cc3ccc(OC4CN(c5ncc(C(=O)O[C@H]6C(C)(C)[C@H](Oc7ccc(C#N)c(Cl)c7)C6(C)C)cn5)C4)cc3o2)C(C)(C)C)cc1. The number of nitriles is 1. The molecule has 0 spiro atoms. The van der Waals surface area contributed by atoms with E-state index in [2.05, 4.69) is 25.6 Å². The lowest BCUT2D eigenvalue weighted by molar-refractivity contribution is -0.236. The summed E-state index contributed by atoms with van der Waals surface area (Å²) in [5.41, 5.74) is 3.77. The molecule has 74 heavy (non-hydrogen) atoms. The van der Waals surface area contributed by atoms with Gasteiger partial charge in [-0.25, -0.2) is 19.7 Å². The van der Waals surface area contributed by atoms with Gasteiger partial charge < -0.3 is 44.2 Å². The van der Waals surface area contributed by atoms with Crippen molar-refractivity contribution in [3.63, 3.8) is 0 Å². The molecule has 2 saturated heterocycles. The number of fused-ring (bicyclic) bond motifs is 1. The number of ether oxygens (including phenoxy) is 3. The number of nitrogens with one attached hydrogen (secondary N) is 2. The topological polar surface area (TPSA) is 222 Å². The molecule has 19 heteroatoms. The summed E-state index contributed by atoms with van der Waals surface area (Å²) in [4.78, 5) is 72.9. The van der Waals surface area contributed by atoms with Gasteiger partial charge in [0.25, 0.3) is 5.91 Å². The summed E-state index contributed by atoms with van der Waals surface area (Å²) in [5, 5.41) is 26.8. The Bertz CT molecular complexity index is 3140. The molecule has 3 aromatic heterocycles. The van der Waals surface area contributed by atoms with Gasteiger partial charge in [-0.2, -0.15) is 5.26 Å². The van der Waals surface area contributed by atoms with Crippen LogP contribution in [0.1, 0.15) is 106 Å². The van der Waals surface area contributed by atoms with E-state index in [0.717, 1.165) is 21.7 Å². The maximum atomic E-state index is 14.3. The fraction of sp³-hybridized carbons (Fsp3) is 0.418. The van der Waals surface area contributed by atoms with Crippen LogP contribution in [0, 0.1) is 34.5 Å². The van der Waals surface area contributed by atoms with Gasteiger partial charge in [-0.1, -0.05) is 84.3 Å². The normalized spacial score (nSPS) is 20.9. The molecule has 3 N–H and O–H groups in total. The lowest BCUT2D eigenvalue weighted by atomic mass is 9.51. The molecular formula is C55H59ClN8O9S. The van der Waals surface area contributed by atoms with Crippen LogP contribution in [-0.4, -0.2) is 105 Å². The molecule has 3 fully saturated rings. The van der Waals surface area contributed by atoms with E-state index in [1.165, 1.54) is 17.3 Å². The first-order valence-electron chi connectivity index (χ1n) is 24.5. The van der Waals surface area contributed by atoms with Crippen molar-refractivity contribution in [3.8, 4) is 28.0 Å². The third kappa shape index (κ3) is 10.2. The highest BCUT2D eigenvalue weighted by molar-refractivity contribution is 7.13. The Morgan fingerprint density at radius 2 is 1.58 bits per heavy atom. The lowest BCUT2D eigenvalue weighted by Crippen LogP contribution is -2.70. The fourth-order valence-electron chi connectivity index (χ4n) is 10.5. The van der Waals surface area contributed by atoms with Crippen LogP contribution < -0.4 is 25.0 Å². The number of carbonyl (C=O) groups excluding carboxylic acids is 4. The van der Waals surface area contributed by atoms with Gasteiger partial charge in [0.2, 0.25) is 17.8 Å². The van der Waals surface area contributed by atoms with Gasteiger partial charge in [-0.05, 0) is 60.7 Å². The van der Waals surface area contributed by atoms with E-state index in [1.807, 2.05) is 103 Å². The van der Waals surface area contributed by atoms with Crippen molar-refractivity contribution in [2.45, 2.75) is 111 Å². The molecule has 6 aromatic rings. The lowest BCUT2D eigenvalue weighted by Gasteiger charge is -2.61. The Morgan fingerprint density at radius 3 is 2.22 bits per heavy atom. The number of thiazole rings is 1. The minimum Gasteiger partial charge on any atom is -0.489 e. The average molecular weight is 1040 g/mol. The summed E-state index contributed by atoms with van der Waals surface area (Å²) in [6.07, 6.45) is 1.03. The number of halogens is 1. The van der Waals surface area contributed by atoms with Gasteiger partial charge in [0.1, 0.15) is 53.5 Å². The number of amides is 3. The summed E-state index contributed by atoms with van der Waals surface area (Å²) >= 11 is 7.81. The van der Waals surface area contributed by atoms with Gasteiger partial charge in [-0.3, -0.25) is 14.4 Å². The number of aliphatic hydroxyl groups is 1.